The van der Waals surface area contributed by atoms with Crippen LogP contribution in [0.2, 0.25) is 0 Å². The monoisotopic (exact) mass is 288 g/mol. The SMILES string of the molecule is CC(C)CS(=O)(=O)N(CCCN)c1cccc(F)c1. The second-order valence-electron chi connectivity index (χ2n) is 4.87. The van der Waals surface area contributed by atoms with Crippen LogP contribution in [0.3, 0.4) is 0 Å². The minimum Gasteiger partial charge on any atom is -0.330 e. The predicted molar refractivity (Wildman–Crippen MR) is 76.0 cm³/mol. The zero-order valence-electron chi connectivity index (χ0n) is 11.3. The Hall–Kier alpha value is -1.14. The van der Waals surface area contributed by atoms with Crippen LogP contribution >= 0.6 is 0 Å². The van der Waals surface area contributed by atoms with Gasteiger partial charge in [0.15, 0.2) is 0 Å². The molecule has 108 valence electrons. The molecule has 0 bridgehead atoms. The molecule has 19 heavy (non-hydrogen) atoms. The summed E-state index contributed by atoms with van der Waals surface area (Å²) in [5.74, 6) is -0.400. The number of rotatable bonds is 7. The van der Waals surface area contributed by atoms with Crippen molar-refractivity contribution < 1.29 is 12.8 Å². The van der Waals surface area contributed by atoms with Crippen LogP contribution in [0.15, 0.2) is 24.3 Å². The van der Waals surface area contributed by atoms with Crippen LogP contribution in [-0.2, 0) is 10.0 Å². The zero-order chi connectivity index (χ0) is 14.5. The lowest BCUT2D eigenvalue weighted by Crippen LogP contribution is -2.36. The van der Waals surface area contributed by atoms with Gasteiger partial charge in [-0.2, -0.15) is 0 Å². The number of anilines is 1. The minimum atomic E-state index is -3.45. The maximum absolute atomic E-state index is 13.3. The standard InChI is InChI=1S/C13H21FN2O2S/c1-11(2)10-19(17,18)16(8-4-7-15)13-6-3-5-12(14)9-13/h3,5-6,9,11H,4,7-8,10,15H2,1-2H3. The van der Waals surface area contributed by atoms with Crippen molar-refractivity contribution in [1.29, 1.82) is 0 Å². The van der Waals surface area contributed by atoms with Gasteiger partial charge in [-0.05, 0) is 37.1 Å². The van der Waals surface area contributed by atoms with E-state index in [9.17, 15) is 12.8 Å². The van der Waals surface area contributed by atoms with Gasteiger partial charge in [0.05, 0.1) is 11.4 Å². The number of benzene rings is 1. The number of nitrogens with zero attached hydrogens (tertiary/aromatic N) is 1. The van der Waals surface area contributed by atoms with E-state index in [2.05, 4.69) is 0 Å². The van der Waals surface area contributed by atoms with Crippen molar-refractivity contribution in [2.75, 3.05) is 23.1 Å². The Balaban J connectivity index is 3.07. The van der Waals surface area contributed by atoms with Crippen molar-refractivity contribution in [3.05, 3.63) is 30.1 Å². The van der Waals surface area contributed by atoms with Gasteiger partial charge in [0.2, 0.25) is 10.0 Å². The third-order valence-corrected chi connectivity index (χ3v) is 4.69. The van der Waals surface area contributed by atoms with Crippen LogP contribution in [-0.4, -0.2) is 27.3 Å². The zero-order valence-corrected chi connectivity index (χ0v) is 12.2. The third kappa shape index (κ3) is 4.80. The van der Waals surface area contributed by atoms with Crippen LogP contribution in [0.5, 0.6) is 0 Å². The Morgan fingerprint density at radius 3 is 2.58 bits per heavy atom. The van der Waals surface area contributed by atoms with Crippen molar-refractivity contribution in [3.8, 4) is 0 Å². The highest BCUT2D eigenvalue weighted by Crippen LogP contribution is 2.21. The van der Waals surface area contributed by atoms with Crippen LogP contribution in [0.4, 0.5) is 10.1 Å². The van der Waals surface area contributed by atoms with Gasteiger partial charge in [-0.3, -0.25) is 4.31 Å². The molecule has 0 spiro atoms. The van der Waals surface area contributed by atoms with E-state index in [1.165, 1.54) is 22.5 Å². The number of hydrogen-bond donors (Lipinski definition) is 1. The molecule has 0 aromatic heterocycles. The average molecular weight is 288 g/mol. The third-order valence-electron chi connectivity index (χ3n) is 2.54. The smallest absolute Gasteiger partial charge is 0.235 e. The lowest BCUT2D eigenvalue weighted by atomic mass is 10.3. The summed E-state index contributed by atoms with van der Waals surface area (Å²) in [5, 5.41) is 0. The number of halogens is 1. The lowest BCUT2D eigenvalue weighted by Gasteiger charge is -2.25. The van der Waals surface area contributed by atoms with Crippen molar-refractivity contribution in [2.45, 2.75) is 20.3 Å². The first-order valence-electron chi connectivity index (χ1n) is 6.33. The van der Waals surface area contributed by atoms with Gasteiger partial charge in [-0.1, -0.05) is 19.9 Å². The molecule has 0 saturated heterocycles. The molecule has 0 amide bonds. The molecule has 0 fully saturated rings. The summed E-state index contributed by atoms with van der Waals surface area (Å²) in [6.07, 6.45) is 0.536. The molecule has 1 aromatic rings. The van der Waals surface area contributed by atoms with Gasteiger partial charge in [-0.25, -0.2) is 12.8 Å². The molecule has 2 N–H and O–H groups in total. The van der Waals surface area contributed by atoms with Crippen molar-refractivity contribution in [1.82, 2.24) is 0 Å². The van der Waals surface area contributed by atoms with E-state index in [1.54, 1.807) is 6.07 Å². The summed E-state index contributed by atoms with van der Waals surface area (Å²) < 4.78 is 39.1. The molecule has 0 aliphatic rings. The highest BCUT2D eigenvalue weighted by molar-refractivity contribution is 7.92. The average Bonchev–Trinajstić information content (AvgIpc) is 2.27. The molecule has 0 unspecified atom stereocenters. The molecule has 0 aliphatic carbocycles. The van der Waals surface area contributed by atoms with Gasteiger partial charge >= 0.3 is 0 Å². The molecule has 0 saturated carbocycles. The quantitative estimate of drug-likeness (QED) is 0.834. The van der Waals surface area contributed by atoms with Crippen LogP contribution < -0.4 is 10.0 Å². The normalized spacial score (nSPS) is 11.8. The van der Waals surface area contributed by atoms with Crippen LogP contribution in [0, 0.1) is 11.7 Å². The summed E-state index contributed by atoms with van der Waals surface area (Å²) in [6, 6.07) is 5.62. The fourth-order valence-electron chi connectivity index (χ4n) is 1.81. The van der Waals surface area contributed by atoms with Gasteiger partial charge in [0.25, 0.3) is 0 Å². The molecule has 4 nitrogen and oxygen atoms in total. The maximum atomic E-state index is 13.3. The molecule has 0 heterocycles. The van der Waals surface area contributed by atoms with E-state index < -0.39 is 15.8 Å². The fraction of sp³-hybridized carbons (Fsp3) is 0.538. The highest BCUT2D eigenvalue weighted by Gasteiger charge is 2.23. The summed E-state index contributed by atoms with van der Waals surface area (Å²) in [5.41, 5.74) is 5.79. The minimum absolute atomic E-state index is 0.0129. The largest absolute Gasteiger partial charge is 0.330 e. The van der Waals surface area contributed by atoms with Gasteiger partial charge in [0.1, 0.15) is 5.82 Å². The molecule has 1 aromatic carbocycles. The first kappa shape index (κ1) is 15.9. The summed E-state index contributed by atoms with van der Waals surface area (Å²) in [7, 11) is -3.45. The highest BCUT2D eigenvalue weighted by atomic mass is 32.2. The second-order valence-corrected chi connectivity index (χ2v) is 6.80. The molecule has 0 radical (unpaired) electrons. The predicted octanol–water partition coefficient (Wildman–Crippen LogP) is 1.97. The van der Waals surface area contributed by atoms with E-state index in [-0.39, 0.29) is 18.2 Å². The van der Waals surface area contributed by atoms with Gasteiger partial charge < -0.3 is 5.73 Å². The maximum Gasteiger partial charge on any atom is 0.235 e. The van der Waals surface area contributed by atoms with Crippen LogP contribution in [0.1, 0.15) is 20.3 Å². The number of hydrogen-bond acceptors (Lipinski definition) is 3. The number of sulfonamides is 1. The first-order valence-corrected chi connectivity index (χ1v) is 7.94. The van der Waals surface area contributed by atoms with E-state index in [4.69, 9.17) is 5.73 Å². The van der Waals surface area contributed by atoms with Crippen LogP contribution in [0.25, 0.3) is 0 Å². The molecular formula is C13H21FN2O2S. The summed E-state index contributed by atoms with van der Waals surface area (Å²) >= 11 is 0. The van der Waals surface area contributed by atoms with Gasteiger partial charge in [0, 0.05) is 6.54 Å². The lowest BCUT2D eigenvalue weighted by molar-refractivity contribution is 0.575. The van der Waals surface area contributed by atoms with E-state index in [0.717, 1.165) is 0 Å². The first-order chi connectivity index (χ1) is 8.86. The van der Waals surface area contributed by atoms with Crippen molar-refractivity contribution >= 4 is 15.7 Å². The van der Waals surface area contributed by atoms with Crippen molar-refractivity contribution in [2.24, 2.45) is 11.7 Å². The number of nitrogens with two attached hydrogens (primary N) is 1. The summed E-state index contributed by atoms with van der Waals surface area (Å²) in [6.45, 7) is 4.34. The Bertz CT molecular complexity index is 503. The fourth-order valence-corrected chi connectivity index (χ4v) is 3.67. The molecule has 0 atom stereocenters. The second kappa shape index (κ2) is 6.86. The molecule has 6 heteroatoms. The molecular weight excluding hydrogens is 267 g/mol. The van der Waals surface area contributed by atoms with E-state index in [0.29, 0.717) is 18.7 Å². The Labute approximate surface area is 114 Å². The van der Waals surface area contributed by atoms with Gasteiger partial charge in [-0.15, -0.1) is 0 Å². The van der Waals surface area contributed by atoms with E-state index in [1.807, 2.05) is 13.8 Å². The Morgan fingerprint density at radius 1 is 1.37 bits per heavy atom. The van der Waals surface area contributed by atoms with Crippen molar-refractivity contribution in [3.63, 3.8) is 0 Å². The Morgan fingerprint density at radius 2 is 2.05 bits per heavy atom. The molecule has 0 aliphatic heterocycles. The molecule has 1 rings (SSSR count). The Kier molecular flexibility index (Phi) is 5.75. The topological polar surface area (TPSA) is 63.4 Å². The van der Waals surface area contributed by atoms with E-state index >= 15 is 0 Å². The summed E-state index contributed by atoms with van der Waals surface area (Å²) in [4.78, 5) is 0.